The van der Waals surface area contributed by atoms with Crippen LogP contribution in [0.1, 0.15) is 0 Å². The third kappa shape index (κ3) is 4.96. The van der Waals surface area contributed by atoms with Crippen LogP contribution in [0.25, 0.3) is 94.2 Å². The van der Waals surface area contributed by atoms with Gasteiger partial charge in [0.05, 0.1) is 5.52 Å². The van der Waals surface area contributed by atoms with Crippen molar-refractivity contribution in [1.82, 2.24) is 19.5 Å². The molecule has 0 unspecified atom stereocenters. The van der Waals surface area contributed by atoms with Crippen LogP contribution in [0.4, 0.5) is 0 Å². The molecule has 0 atom stereocenters. The second-order valence-corrected chi connectivity index (χ2v) is 12.9. The van der Waals surface area contributed by atoms with Gasteiger partial charge in [0.25, 0.3) is 0 Å². The van der Waals surface area contributed by atoms with Crippen molar-refractivity contribution >= 4 is 43.2 Å². The molecule has 0 fully saturated rings. The molecule has 2 aromatic heterocycles. The third-order valence-electron chi connectivity index (χ3n) is 9.89. The lowest BCUT2D eigenvalue weighted by atomic mass is 9.92. The van der Waals surface area contributed by atoms with Gasteiger partial charge in [0.2, 0.25) is 5.95 Å². The molecule has 4 nitrogen and oxygen atoms in total. The smallest absolute Gasteiger partial charge is 0.238 e. The first-order chi connectivity index (χ1) is 25.3. The Kier molecular flexibility index (Phi) is 6.78. The van der Waals surface area contributed by atoms with E-state index in [4.69, 9.17) is 15.0 Å². The molecule has 238 valence electrons. The first-order valence-corrected chi connectivity index (χ1v) is 17.2. The van der Waals surface area contributed by atoms with Gasteiger partial charge in [-0.05, 0) is 61.1 Å². The third-order valence-corrected chi connectivity index (χ3v) is 9.89. The molecule has 0 amide bonds. The van der Waals surface area contributed by atoms with E-state index in [9.17, 15) is 0 Å². The number of benzene rings is 8. The zero-order chi connectivity index (χ0) is 33.7. The van der Waals surface area contributed by atoms with E-state index in [0.29, 0.717) is 17.6 Å². The van der Waals surface area contributed by atoms with Crippen LogP contribution < -0.4 is 0 Å². The highest BCUT2D eigenvalue weighted by Crippen LogP contribution is 2.38. The van der Waals surface area contributed by atoms with E-state index < -0.39 is 0 Å². The Labute approximate surface area is 295 Å². The molecule has 0 aliphatic carbocycles. The summed E-state index contributed by atoms with van der Waals surface area (Å²) in [5.74, 6) is 1.86. The fourth-order valence-electron chi connectivity index (χ4n) is 7.41. The quantitative estimate of drug-likeness (QED) is 0.174. The van der Waals surface area contributed by atoms with E-state index in [2.05, 4.69) is 126 Å². The normalized spacial score (nSPS) is 11.5. The maximum absolute atomic E-state index is 5.02. The number of hydrogen-bond donors (Lipinski definition) is 0. The maximum atomic E-state index is 5.02. The number of rotatable bonds is 5. The minimum Gasteiger partial charge on any atom is -0.285 e. The van der Waals surface area contributed by atoms with E-state index in [1.54, 1.807) is 0 Å². The van der Waals surface area contributed by atoms with Gasteiger partial charge in [-0.2, -0.15) is 9.97 Å². The van der Waals surface area contributed by atoms with Crippen LogP contribution in [0.2, 0.25) is 0 Å². The lowest BCUT2D eigenvalue weighted by Crippen LogP contribution is -2.05. The Morgan fingerprint density at radius 1 is 0.314 bits per heavy atom. The minimum absolute atomic E-state index is 0.581. The van der Waals surface area contributed by atoms with Crippen molar-refractivity contribution in [3.05, 3.63) is 182 Å². The van der Waals surface area contributed by atoms with Gasteiger partial charge in [-0.25, -0.2) is 4.98 Å². The van der Waals surface area contributed by atoms with Gasteiger partial charge in [0, 0.05) is 28.3 Å². The molecule has 0 aliphatic heterocycles. The van der Waals surface area contributed by atoms with Gasteiger partial charge in [-0.3, -0.25) is 4.57 Å². The molecule has 4 heteroatoms. The maximum Gasteiger partial charge on any atom is 0.238 e. The minimum atomic E-state index is 0.581. The Bertz CT molecular complexity index is 2800. The predicted molar refractivity (Wildman–Crippen MR) is 211 cm³/mol. The average Bonchev–Trinajstić information content (AvgIpc) is 3.61. The monoisotopic (exact) mass is 650 g/mol. The SMILES string of the molecule is c1ccc(-c2nc(-c3ccccc3)nc(-n3cc(-c4ccc(-c5ccc6c7ccccc7c7ccccc7c6c5)cc4)c4ccccc43)n2)cc1. The van der Waals surface area contributed by atoms with Gasteiger partial charge in [-0.15, -0.1) is 0 Å². The van der Waals surface area contributed by atoms with Crippen LogP contribution >= 0.6 is 0 Å². The van der Waals surface area contributed by atoms with E-state index in [1.807, 2.05) is 60.7 Å². The molecular weight excluding hydrogens is 621 g/mol. The van der Waals surface area contributed by atoms with Crippen LogP contribution in [-0.2, 0) is 0 Å². The number of nitrogens with zero attached hydrogens (tertiary/aromatic N) is 4. The Morgan fingerprint density at radius 2 is 0.765 bits per heavy atom. The molecule has 8 aromatic carbocycles. The van der Waals surface area contributed by atoms with Crippen molar-refractivity contribution in [3.63, 3.8) is 0 Å². The summed E-state index contributed by atoms with van der Waals surface area (Å²) in [6.07, 6.45) is 2.16. The predicted octanol–water partition coefficient (Wildman–Crippen LogP) is 11.9. The summed E-state index contributed by atoms with van der Waals surface area (Å²) in [6, 6.07) is 61.9. The van der Waals surface area contributed by atoms with E-state index in [0.717, 1.165) is 33.2 Å². The highest BCUT2D eigenvalue weighted by Gasteiger charge is 2.17. The van der Waals surface area contributed by atoms with Crippen molar-refractivity contribution in [2.45, 2.75) is 0 Å². The van der Waals surface area contributed by atoms with Crippen molar-refractivity contribution in [2.75, 3.05) is 0 Å². The van der Waals surface area contributed by atoms with Crippen LogP contribution in [0.5, 0.6) is 0 Å². The second kappa shape index (κ2) is 11.9. The van der Waals surface area contributed by atoms with Gasteiger partial charge in [-0.1, -0.05) is 164 Å². The highest BCUT2D eigenvalue weighted by molar-refractivity contribution is 6.25. The van der Waals surface area contributed by atoms with E-state index in [-0.39, 0.29) is 0 Å². The summed E-state index contributed by atoms with van der Waals surface area (Å²) in [6.45, 7) is 0. The van der Waals surface area contributed by atoms with Crippen LogP contribution in [-0.4, -0.2) is 19.5 Å². The number of para-hydroxylation sites is 1. The molecule has 0 spiro atoms. The zero-order valence-electron chi connectivity index (χ0n) is 27.6. The molecule has 51 heavy (non-hydrogen) atoms. The largest absolute Gasteiger partial charge is 0.285 e. The number of hydrogen-bond acceptors (Lipinski definition) is 3. The summed E-state index contributed by atoms with van der Waals surface area (Å²) < 4.78 is 2.10. The molecule has 0 saturated carbocycles. The standard InChI is InChI=1S/C47H30N4/c1-3-13-33(14-4-1)45-48-46(34-15-5-2-6-16-34)50-47(49-45)51-30-43(41-21-11-12-22-44(41)51)32-25-23-31(24-26-32)35-27-28-40-38-19-8-7-17-36(38)37-18-9-10-20-39(37)42(40)29-35/h1-30H. The van der Waals surface area contributed by atoms with Gasteiger partial charge < -0.3 is 0 Å². The number of aromatic nitrogens is 4. The van der Waals surface area contributed by atoms with Gasteiger partial charge >= 0.3 is 0 Å². The van der Waals surface area contributed by atoms with Gasteiger partial charge in [0.15, 0.2) is 11.6 Å². The van der Waals surface area contributed by atoms with Crippen LogP contribution in [0.3, 0.4) is 0 Å². The molecule has 0 N–H and O–H groups in total. The Morgan fingerprint density at radius 3 is 1.35 bits per heavy atom. The molecule has 2 heterocycles. The van der Waals surface area contributed by atoms with E-state index in [1.165, 1.54) is 43.4 Å². The van der Waals surface area contributed by atoms with Crippen LogP contribution in [0.15, 0.2) is 182 Å². The Hall–Kier alpha value is -6.91. The first kappa shape index (κ1) is 29.0. The average molecular weight is 651 g/mol. The lowest BCUT2D eigenvalue weighted by Gasteiger charge is -2.12. The number of fused-ring (bicyclic) bond motifs is 7. The molecular formula is C47H30N4. The van der Waals surface area contributed by atoms with Crippen molar-refractivity contribution in [2.24, 2.45) is 0 Å². The summed E-state index contributed by atoms with van der Waals surface area (Å²) in [5.41, 5.74) is 7.56. The summed E-state index contributed by atoms with van der Waals surface area (Å²) >= 11 is 0. The molecule has 10 rings (SSSR count). The molecule has 0 aliphatic rings. The van der Waals surface area contributed by atoms with Crippen molar-refractivity contribution < 1.29 is 0 Å². The molecule has 0 radical (unpaired) electrons. The van der Waals surface area contributed by atoms with Crippen molar-refractivity contribution in [1.29, 1.82) is 0 Å². The summed E-state index contributed by atoms with van der Waals surface area (Å²) in [4.78, 5) is 14.9. The van der Waals surface area contributed by atoms with Crippen molar-refractivity contribution in [3.8, 4) is 51.0 Å². The fourth-order valence-corrected chi connectivity index (χ4v) is 7.41. The first-order valence-electron chi connectivity index (χ1n) is 17.2. The lowest BCUT2D eigenvalue weighted by molar-refractivity contribution is 0.934. The second-order valence-electron chi connectivity index (χ2n) is 12.9. The molecule has 10 aromatic rings. The highest BCUT2D eigenvalue weighted by atomic mass is 15.2. The zero-order valence-corrected chi connectivity index (χ0v) is 27.6. The fraction of sp³-hybridized carbons (Fsp3) is 0. The van der Waals surface area contributed by atoms with Crippen LogP contribution in [0, 0.1) is 0 Å². The summed E-state index contributed by atoms with van der Waals surface area (Å²) in [7, 11) is 0. The van der Waals surface area contributed by atoms with Gasteiger partial charge in [0.1, 0.15) is 0 Å². The molecule has 0 saturated heterocycles. The Balaban J connectivity index is 1.08. The topological polar surface area (TPSA) is 43.6 Å². The molecule has 0 bridgehead atoms. The summed E-state index contributed by atoms with van der Waals surface area (Å²) in [5, 5.41) is 8.84. The van der Waals surface area contributed by atoms with E-state index >= 15 is 0 Å².